The van der Waals surface area contributed by atoms with Crippen LogP contribution in [-0.4, -0.2) is 5.91 Å². The number of hydrogen-bond acceptors (Lipinski definition) is 1. The highest BCUT2D eigenvalue weighted by Gasteiger charge is 2.27. The minimum absolute atomic E-state index is 0.111. The van der Waals surface area contributed by atoms with E-state index in [1.54, 1.807) is 6.07 Å². The molecule has 0 fully saturated rings. The SMILES string of the molecule is Cc1cc2c(cc1C)[C@H](c1ccc(F)c(F)c1)CC(=O)N2. The molecule has 0 aliphatic carbocycles. The van der Waals surface area contributed by atoms with Crippen LogP contribution in [0.3, 0.4) is 0 Å². The maximum atomic E-state index is 13.5. The summed E-state index contributed by atoms with van der Waals surface area (Å²) in [6.45, 7) is 3.97. The number of hydrogen-bond donors (Lipinski definition) is 1. The molecule has 1 N–H and O–H groups in total. The Labute approximate surface area is 121 Å². The fourth-order valence-corrected chi connectivity index (χ4v) is 2.76. The third kappa shape index (κ3) is 2.42. The molecule has 1 aliphatic rings. The fourth-order valence-electron chi connectivity index (χ4n) is 2.76. The van der Waals surface area contributed by atoms with Crippen molar-refractivity contribution in [1.29, 1.82) is 0 Å². The van der Waals surface area contributed by atoms with Crippen LogP contribution in [0.25, 0.3) is 0 Å². The van der Waals surface area contributed by atoms with Crippen molar-refractivity contribution < 1.29 is 13.6 Å². The van der Waals surface area contributed by atoms with Crippen LogP contribution in [0.4, 0.5) is 14.5 Å². The van der Waals surface area contributed by atoms with Gasteiger partial charge in [-0.1, -0.05) is 12.1 Å². The largest absolute Gasteiger partial charge is 0.326 e. The molecule has 1 aliphatic heterocycles. The summed E-state index contributed by atoms with van der Waals surface area (Å²) in [7, 11) is 0. The van der Waals surface area contributed by atoms with Gasteiger partial charge >= 0.3 is 0 Å². The number of fused-ring (bicyclic) bond motifs is 1. The van der Waals surface area contributed by atoms with E-state index in [1.807, 2.05) is 26.0 Å². The number of nitrogens with one attached hydrogen (secondary N) is 1. The third-order valence-corrected chi connectivity index (χ3v) is 4.05. The Morgan fingerprint density at radius 1 is 1.05 bits per heavy atom. The lowest BCUT2D eigenvalue weighted by Gasteiger charge is -2.27. The highest BCUT2D eigenvalue weighted by atomic mass is 19.2. The van der Waals surface area contributed by atoms with E-state index in [0.29, 0.717) is 5.56 Å². The first-order valence-corrected chi connectivity index (χ1v) is 6.81. The molecule has 0 unspecified atom stereocenters. The zero-order valence-corrected chi connectivity index (χ0v) is 11.8. The van der Waals surface area contributed by atoms with Crippen molar-refractivity contribution in [2.75, 3.05) is 5.32 Å². The molecule has 21 heavy (non-hydrogen) atoms. The van der Waals surface area contributed by atoms with Gasteiger partial charge in [-0.15, -0.1) is 0 Å². The molecular weight excluding hydrogens is 272 g/mol. The molecule has 108 valence electrons. The molecule has 0 radical (unpaired) electrons. The normalized spacial score (nSPS) is 17.3. The number of amides is 1. The highest BCUT2D eigenvalue weighted by molar-refractivity contribution is 5.95. The van der Waals surface area contributed by atoms with Crippen LogP contribution in [0, 0.1) is 25.5 Å². The Hall–Kier alpha value is -2.23. The standard InChI is InChI=1S/C17H15F2NO/c1-9-5-13-12(11-3-4-14(18)15(19)7-11)8-17(21)20-16(13)6-10(9)2/h3-7,12H,8H2,1-2H3,(H,20,21)/t12-/m0/s1. The number of aryl methyl sites for hydroxylation is 2. The molecule has 0 saturated carbocycles. The van der Waals surface area contributed by atoms with E-state index in [-0.39, 0.29) is 18.2 Å². The quantitative estimate of drug-likeness (QED) is 0.842. The molecule has 2 aromatic carbocycles. The predicted molar refractivity (Wildman–Crippen MR) is 77.4 cm³/mol. The molecule has 0 bridgehead atoms. The molecule has 4 heteroatoms. The van der Waals surface area contributed by atoms with Gasteiger partial charge < -0.3 is 5.32 Å². The summed E-state index contributed by atoms with van der Waals surface area (Å²) in [5.41, 5.74) is 4.51. The van der Waals surface area contributed by atoms with E-state index < -0.39 is 11.6 Å². The second kappa shape index (κ2) is 4.95. The minimum Gasteiger partial charge on any atom is -0.326 e. The lowest BCUT2D eigenvalue weighted by Crippen LogP contribution is -2.24. The zero-order chi connectivity index (χ0) is 15.1. The molecule has 1 amide bonds. The lowest BCUT2D eigenvalue weighted by molar-refractivity contribution is -0.116. The zero-order valence-electron chi connectivity index (χ0n) is 11.8. The van der Waals surface area contributed by atoms with Crippen molar-refractivity contribution in [3.8, 4) is 0 Å². The Balaban J connectivity index is 2.14. The summed E-state index contributed by atoms with van der Waals surface area (Å²) in [4.78, 5) is 11.9. The van der Waals surface area contributed by atoms with Crippen molar-refractivity contribution in [2.45, 2.75) is 26.2 Å². The van der Waals surface area contributed by atoms with Crippen LogP contribution in [0.2, 0.25) is 0 Å². The van der Waals surface area contributed by atoms with Gasteiger partial charge in [-0.05, 0) is 54.3 Å². The first-order chi connectivity index (χ1) is 9.95. The first-order valence-electron chi connectivity index (χ1n) is 6.81. The molecule has 1 heterocycles. The number of halogens is 2. The summed E-state index contributed by atoms with van der Waals surface area (Å²) in [5, 5.41) is 2.85. The molecule has 2 nitrogen and oxygen atoms in total. The molecule has 3 rings (SSSR count). The molecule has 1 atom stereocenters. The van der Waals surface area contributed by atoms with Crippen LogP contribution in [0.15, 0.2) is 30.3 Å². The van der Waals surface area contributed by atoms with E-state index in [9.17, 15) is 13.6 Å². The van der Waals surface area contributed by atoms with Crippen molar-refractivity contribution in [1.82, 2.24) is 0 Å². The second-order valence-electron chi connectivity index (χ2n) is 5.50. The molecule has 0 spiro atoms. The maximum Gasteiger partial charge on any atom is 0.225 e. The molecule has 0 aromatic heterocycles. The second-order valence-corrected chi connectivity index (χ2v) is 5.50. The predicted octanol–water partition coefficient (Wildman–Crippen LogP) is 4.06. The van der Waals surface area contributed by atoms with Crippen molar-refractivity contribution in [3.63, 3.8) is 0 Å². The van der Waals surface area contributed by atoms with E-state index >= 15 is 0 Å². The summed E-state index contributed by atoms with van der Waals surface area (Å²) in [6, 6.07) is 7.76. The van der Waals surface area contributed by atoms with Crippen LogP contribution < -0.4 is 5.32 Å². The monoisotopic (exact) mass is 287 g/mol. The van der Waals surface area contributed by atoms with Crippen LogP contribution in [0.1, 0.15) is 34.6 Å². The van der Waals surface area contributed by atoms with E-state index in [0.717, 1.165) is 28.4 Å². The van der Waals surface area contributed by atoms with Gasteiger partial charge in [0.1, 0.15) is 0 Å². The van der Waals surface area contributed by atoms with Crippen molar-refractivity contribution in [2.24, 2.45) is 0 Å². The average Bonchev–Trinajstić information content (AvgIpc) is 2.43. The average molecular weight is 287 g/mol. The molecular formula is C17H15F2NO. The number of carbonyl (C=O) groups is 1. The van der Waals surface area contributed by atoms with Gasteiger partial charge in [0.15, 0.2) is 11.6 Å². The number of rotatable bonds is 1. The van der Waals surface area contributed by atoms with Crippen LogP contribution >= 0.6 is 0 Å². The number of anilines is 1. The van der Waals surface area contributed by atoms with Crippen LogP contribution in [-0.2, 0) is 4.79 Å². The summed E-state index contributed by atoms with van der Waals surface area (Å²) in [5.74, 6) is -2.12. The lowest BCUT2D eigenvalue weighted by atomic mass is 9.83. The number of benzene rings is 2. The van der Waals surface area contributed by atoms with E-state index in [4.69, 9.17) is 0 Å². The van der Waals surface area contributed by atoms with Gasteiger partial charge in [0, 0.05) is 18.0 Å². The van der Waals surface area contributed by atoms with E-state index in [1.165, 1.54) is 6.07 Å². The minimum atomic E-state index is -0.885. The Morgan fingerprint density at radius 3 is 2.48 bits per heavy atom. The maximum absolute atomic E-state index is 13.5. The molecule has 2 aromatic rings. The summed E-state index contributed by atoms with van der Waals surface area (Å²) in [6.07, 6.45) is 0.237. The first kappa shape index (κ1) is 13.7. The van der Waals surface area contributed by atoms with Gasteiger partial charge in [-0.25, -0.2) is 8.78 Å². The molecule has 0 saturated heterocycles. The van der Waals surface area contributed by atoms with Gasteiger partial charge in [0.2, 0.25) is 5.91 Å². The summed E-state index contributed by atoms with van der Waals surface area (Å²) >= 11 is 0. The number of carbonyl (C=O) groups excluding carboxylic acids is 1. The van der Waals surface area contributed by atoms with Gasteiger partial charge in [-0.2, -0.15) is 0 Å². The van der Waals surface area contributed by atoms with Gasteiger partial charge in [-0.3, -0.25) is 4.79 Å². The third-order valence-electron chi connectivity index (χ3n) is 4.05. The van der Waals surface area contributed by atoms with E-state index in [2.05, 4.69) is 5.32 Å². The van der Waals surface area contributed by atoms with Gasteiger partial charge in [0.25, 0.3) is 0 Å². The Morgan fingerprint density at radius 2 is 1.76 bits per heavy atom. The summed E-state index contributed by atoms with van der Waals surface area (Å²) < 4.78 is 26.6. The topological polar surface area (TPSA) is 29.1 Å². The Kier molecular flexibility index (Phi) is 3.24. The highest BCUT2D eigenvalue weighted by Crippen LogP contribution is 2.38. The van der Waals surface area contributed by atoms with Gasteiger partial charge in [0.05, 0.1) is 0 Å². The smallest absolute Gasteiger partial charge is 0.225 e. The van der Waals surface area contributed by atoms with Crippen molar-refractivity contribution in [3.05, 3.63) is 64.2 Å². The van der Waals surface area contributed by atoms with Crippen molar-refractivity contribution >= 4 is 11.6 Å². The fraction of sp³-hybridized carbons (Fsp3) is 0.235. The Bertz CT molecular complexity index is 740. The van der Waals surface area contributed by atoms with Crippen LogP contribution in [0.5, 0.6) is 0 Å².